The van der Waals surface area contributed by atoms with Gasteiger partial charge in [-0.25, -0.2) is 15.2 Å². The summed E-state index contributed by atoms with van der Waals surface area (Å²) in [6, 6.07) is -2.12. The van der Waals surface area contributed by atoms with E-state index in [1.165, 1.54) is 27.5 Å². The standard InChI is InChI=1S/C26H44N7O9P/c1-13(2)17(24(36)39-9)32-43(37,31-15(4)23(35)40-11-26(5,6)7)41-10-16-19(34)14(3)22(42-16)33-12-28-18-20(33)29-25(27)30-21(18)38-8/h12-17,19,22,34H,10-11H2,1-9H3,(H2,27,29,30)(H2,31,32,37). The topological polar surface area (TPSA) is 211 Å². The van der Waals surface area contributed by atoms with Gasteiger partial charge in [0.15, 0.2) is 11.2 Å². The van der Waals surface area contributed by atoms with E-state index >= 15 is 0 Å². The van der Waals surface area contributed by atoms with E-state index in [-0.39, 0.29) is 36.4 Å². The summed E-state index contributed by atoms with van der Waals surface area (Å²) >= 11 is 0. The van der Waals surface area contributed by atoms with E-state index in [9.17, 15) is 19.3 Å². The van der Waals surface area contributed by atoms with Gasteiger partial charge in [0, 0.05) is 5.92 Å². The van der Waals surface area contributed by atoms with Crippen molar-refractivity contribution in [1.29, 1.82) is 0 Å². The molecule has 0 saturated carbocycles. The quantitative estimate of drug-likeness (QED) is 0.184. The smallest absolute Gasteiger partial charge is 0.342 e. The lowest BCUT2D eigenvalue weighted by Gasteiger charge is -2.30. The number of nitrogens with two attached hydrogens (primary N) is 1. The minimum Gasteiger partial charge on any atom is -0.479 e. The van der Waals surface area contributed by atoms with Gasteiger partial charge >= 0.3 is 19.6 Å². The zero-order valence-electron chi connectivity index (χ0n) is 26.1. The number of nitrogens with zero attached hydrogens (tertiary/aromatic N) is 4. The van der Waals surface area contributed by atoms with E-state index in [1.807, 2.05) is 20.8 Å². The summed E-state index contributed by atoms with van der Waals surface area (Å²) < 4.78 is 43.2. The van der Waals surface area contributed by atoms with Crippen molar-refractivity contribution >= 4 is 36.7 Å². The van der Waals surface area contributed by atoms with Crippen LogP contribution in [0.1, 0.15) is 54.7 Å². The largest absolute Gasteiger partial charge is 0.479 e. The molecule has 1 fully saturated rings. The summed E-state index contributed by atoms with van der Waals surface area (Å²) in [6.07, 6.45) is -1.31. The van der Waals surface area contributed by atoms with Crippen molar-refractivity contribution in [2.24, 2.45) is 17.3 Å². The first-order chi connectivity index (χ1) is 20.0. The van der Waals surface area contributed by atoms with E-state index in [1.54, 1.807) is 25.3 Å². The molecule has 0 bridgehead atoms. The van der Waals surface area contributed by atoms with Crippen molar-refractivity contribution in [3.8, 4) is 5.88 Å². The van der Waals surface area contributed by atoms with Gasteiger partial charge in [-0.1, -0.05) is 41.5 Å². The molecule has 1 aliphatic heterocycles. The fraction of sp³-hybridized carbons (Fsp3) is 0.731. The summed E-state index contributed by atoms with van der Waals surface area (Å²) in [5.74, 6) is -2.01. The molecule has 5 N–H and O–H groups in total. The summed E-state index contributed by atoms with van der Waals surface area (Å²) in [6.45, 7) is 12.2. The molecule has 0 radical (unpaired) electrons. The average molecular weight is 630 g/mol. The second-order valence-corrected chi connectivity index (χ2v) is 13.9. The van der Waals surface area contributed by atoms with Gasteiger partial charge in [0.1, 0.15) is 24.4 Å². The number of imidazole rings is 1. The molecular formula is C26H44N7O9P. The van der Waals surface area contributed by atoms with Gasteiger partial charge in [-0.15, -0.1) is 0 Å². The molecule has 2 aromatic heterocycles. The molecule has 2 aromatic rings. The number of ether oxygens (including phenoxy) is 4. The first-order valence-electron chi connectivity index (χ1n) is 13.9. The number of nitrogens with one attached hydrogen (secondary N) is 2. The van der Waals surface area contributed by atoms with Crippen molar-refractivity contribution < 1.29 is 42.7 Å². The Labute approximate surface area is 250 Å². The number of carbonyl (C=O) groups is 2. The zero-order valence-corrected chi connectivity index (χ0v) is 27.0. The van der Waals surface area contributed by atoms with Gasteiger partial charge in [0.2, 0.25) is 11.8 Å². The van der Waals surface area contributed by atoms with Gasteiger partial charge in [-0.3, -0.25) is 18.7 Å². The average Bonchev–Trinajstić information content (AvgIpc) is 3.47. The van der Waals surface area contributed by atoms with E-state index in [0.29, 0.717) is 11.2 Å². The molecule has 0 spiro atoms. The lowest BCUT2D eigenvalue weighted by atomic mass is 9.99. The molecule has 3 heterocycles. The molecular weight excluding hydrogens is 585 g/mol. The van der Waals surface area contributed by atoms with E-state index in [4.69, 9.17) is 29.2 Å². The van der Waals surface area contributed by atoms with Gasteiger partial charge in [-0.05, 0) is 18.3 Å². The molecule has 0 amide bonds. The van der Waals surface area contributed by atoms with Crippen molar-refractivity contribution in [1.82, 2.24) is 29.7 Å². The summed E-state index contributed by atoms with van der Waals surface area (Å²) in [4.78, 5) is 37.8. The highest BCUT2D eigenvalue weighted by Crippen LogP contribution is 2.43. The molecule has 7 unspecified atom stereocenters. The van der Waals surface area contributed by atoms with Gasteiger partial charge in [0.25, 0.3) is 0 Å². The van der Waals surface area contributed by atoms with Crippen molar-refractivity contribution in [3.05, 3.63) is 6.33 Å². The van der Waals surface area contributed by atoms with Crippen molar-refractivity contribution in [2.75, 3.05) is 33.2 Å². The van der Waals surface area contributed by atoms with Crippen LogP contribution in [-0.2, 0) is 32.9 Å². The molecule has 3 rings (SSSR count). The highest BCUT2D eigenvalue weighted by Gasteiger charge is 2.45. The number of nitrogen functional groups attached to an aromatic ring is 1. The van der Waals surface area contributed by atoms with Crippen molar-refractivity contribution in [3.63, 3.8) is 0 Å². The number of anilines is 1. The number of aliphatic hydroxyl groups is 1. The Balaban J connectivity index is 1.82. The summed E-state index contributed by atoms with van der Waals surface area (Å²) in [5, 5.41) is 16.4. The highest BCUT2D eigenvalue weighted by molar-refractivity contribution is 7.54. The number of aromatic nitrogens is 4. The third kappa shape index (κ3) is 8.40. The molecule has 16 nitrogen and oxygen atoms in total. The Bertz CT molecular complexity index is 1330. The third-order valence-corrected chi connectivity index (χ3v) is 8.63. The molecule has 17 heteroatoms. The Morgan fingerprint density at radius 3 is 2.44 bits per heavy atom. The number of hydrogen-bond donors (Lipinski definition) is 4. The lowest BCUT2D eigenvalue weighted by Crippen LogP contribution is -2.46. The number of esters is 2. The van der Waals surface area contributed by atoms with E-state index in [2.05, 4.69) is 25.1 Å². The van der Waals surface area contributed by atoms with Crippen LogP contribution in [0.2, 0.25) is 0 Å². The number of fused-ring (bicyclic) bond motifs is 1. The van der Waals surface area contributed by atoms with E-state index < -0.39 is 56.0 Å². The number of methoxy groups -OCH3 is 2. The molecule has 0 aliphatic carbocycles. The normalized spacial score (nSPS) is 23.6. The summed E-state index contributed by atoms with van der Waals surface area (Å²) in [5.41, 5.74) is 6.25. The predicted molar refractivity (Wildman–Crippen MR) is 156 cm³/mol. The van der Waals surface area contributed by atoms with Gasteiger partial charge < -0.3 is 34.3 Å². The Kier molecular flexibility index (Phi) is 11.1. The highest BCUT2D eigenvalue weighted by atomic mass is 31.2. The van der Waals surface area contributed by atoms with Crippen LogP contribution < -0.4 is 20.6 Å². The van der Waals surface area contributed by atoms with Crippen LogP contribution in [0.4, 0.5) is 5.95 Å². The van der Waals surface area contributed by atoms with Gasteiger partial charge in [0.05, 0.1) is 39.9 Å². The molecule has 43 heavy (non-hydrogen) atoms. The zero-order chi connectivity index (χ0) is 32.3. The monoisotopic (exact) mass is 629 g/mol. The van der Waals surface area contributed by atoms with Crippen LogP contribution in [0.15, 0.2) is 6.33 Å². The molecule has 1 saturated heterocycles. The Hall–Kier alpha value is -2.88. The van der Waals surface area contributed by atoms with Crippen LogP contribution in [0.3, 0.4) is 0 Å². The van der Waals surface area contributed by atoms with E-state index in [0.717, 1.165) is 0 Å². The maximum Gasteiger partial charge on any atom is 0.342 e. The molecule has 1 aliphatic rings. The molecule has 7 atom stereocenters. The first kappa shape index (κ1) is 34.6. The maximum atomic E-state index is 14.1. The van der Waals surface area contributed by atoms with Crippen molar-refractivity contribution in [2.45, 2.75) is 79.0 Å². The minimum atomic E-state index is -4.17. The molecule has 0 aromatic carbocycles. The predicted octanol–water partition coefficient (Wildman–Crippen LogP) is 1.79. The number of hydrogen-bond acceptors (Lipinski definition) is 13. The Morgan fingerprint density at radius 2 is 1.86 bits per heavy atom. The lowest BCUT2D eigenvalue weighted by molar-refractivity contribution is -0.148. The number of carbonyl (C=O) groups excluding carboxylic acids is 2. The van der Waals surface area contributed by atoms with Crippen LogP contribution in [0.25, 0.3) is 11.2 Å². The Morgan fingerprint density at radius 1 is 1.19 bits per heavy atom. The second kappa shape index (κ2) is 13.8. The third-order valence-electron chi connectivity index (χ3n) is 6.77. The first-order valence-corrected chi connectivity index (χ1v) is 15.5. The minimum absolute atomic E-state index is 0.0317. The second-order valence-electron chi connectivity index (χ2n) is 12.1. The summed E-state index contributed by atoms with van der Waals surface area (Å²) in [7, 11) is -1.53. The fourth-order valence-electron chi connectivity index (χ4n) is 4.38. The van der Waals surface area contributed by atoms with Crippen LogP contribution in [0, 0.1) is 17.3 Å². The van der Waals surface area contributed by atoms with Gasteiger partial charge in [-0.2, -0.15) is 9.97 Å². The fourth-order valence-corrected chi connectivity index (χ4v) is 6.34. The number of aliphatic hydroxyl groups excluding tert-OH is 1. The van der Waals surface area contributed by atoms with Crippen LogP contribution in [0.5, 0.6) is 5.88 Å². The SMILES string of the molecule is COC(=O)C(NP(=O)(NC(C)C(=O)OCC(C)(C)C)OCC1OC(n2cnc3c(OC)nc(N)nc32)C(C)C1O)C(C)C. The number of rotatable bonds is 13. The molecule has 242 valence electrons. The van der Waals surface area contributed by atoms with Crippen LogP contribution in [-0.4, -0.2) is 88.3 Å². The van der Waals surface area contributed by atoms with Crippen LogP contribution >= 0.6 is 7.67 Å². The maximum absolute atomic E-state index is 14.1.